The third-order valence-corrected chi connectivity index (χ3v) is 14.9. The molecule has 0 aromatic rings. The normalized spacial score (nSPS) is 16.0. The van der Waals surface area contributed by atoms with E-state index < -0.39 is 188 Å². The Labute approximate surface area is 565 Å². The Hall–Kier alpha value is -8.76. The van der Waals surface area contributed by atoms with Crippen molar-refractivity contribution in [2.24, 2.45) is 57.7 Å². The number of carboxylic acid groups (broad SMARTS) is 3. The van der Waals surface area contributed by atoms with Crippen molar-refractivity contribution in [3.8, 4) is 0 Å². The Morgan fingerprint density at radius 3 is 1.16 bits per heavy atom. The van der Waals surface area contributed by atoms with Gasteiger partial charge in [0, 0.05) is 13.1 Å². The van der Waals surface area contributed by atoms with Gasteiger partial charge < -0.3 is 101 Å². The van der Waals surface area contributed by atoms with E-state index in [2.05, 4.69) is 58.2 Å². The average Bonchev–Trinajstić information content (AvgIpc) is 1.77. The Morgan fingerprint density at radius 1 is 0.443 bits per heavy atom. The highest BCUT2D eigenvalue weighted by molar-refractivity contribution is 6.00. The van der Waals surface area contributed by atoms with Crippen LogP contribution in [0.15, 0.2) is 4.99 Å². The van der Waals surface area contributed by atoms with Crippen molar-refractivity contribution < 1.29 is 92.3 Å². The summed E-state index contributed by atoms with van der Waals surface area (Å²) in [6, 6.07) is -15.3. The number of aliphatic carboxylic acids is 3. The van der Waals surface area contributed by atoms with Gasteiger partial charge in [-0.3, -0.25) is 72.1 Å². The molecule has 0 spiro atoms. The maximum absolute atomic E-state index is 14.3. The maximum Gasteiger partial charge on any atom is 0.326 e. The highest BCUT2D eigenvalue weighted by atomic mass is 16.4. The Balaban J connectivity index is 3.31. The number of aliphatic hydroxyl groups excluding tert-OH is 1. The lowest BCUT2D eigenvalue weighted by Crippen LogP contribution is -2.60. The van der Waals surface area contributed by atoms with E-state index in [4.69, 9.17) is 22.3 Å². The molecule has 21 N–H and O–H groups in total. The summed E-state index contributed by atoms with van der Waals surface area (Å²) in [6.07, 6.45) is -1.20. The van der Waals surface area contributed by atoms with Crippen LogP contribution in [0, 0.1) is 35.5 Å². The van der Waals surface area contributed by atoms with Gasteiger partial charge in [-0.25, -0.2) is 4.79 Å². The van der Waals surface area contributed by atoms with Gasteiger partial charge in [0.15, 0.2) is 5.96 Å². The number of carbonyl (C=O) groups is 15. The van der Waals surface area contributed by atoms with Gasteiger partial charge >= 0.3 is 17.9 Å². The number of rotatable bonds is 45. The molecule has 12 amide bonds. The average molecular weight is 1380 g/mol. The van der Waals surface area contributed by atoms with Gasteiger partial charge in [0.05, 0.1) is 38.6 Å². The van der Waals surface area contributed by atoms with Crippen molar-refractivity contribution in [2.75, 3.05) is 32.8 Å². The van der Waals surface area contributed by atoms with Crippen LogP contribution in [0.5, 0.6) is 0 Å². The van der Waals surface area contributed by atoms with E-state index in [0.717, 1.165) is 4.90 Å². The zero-order valence-corrected chi connectivity index (χ0v) is 57.9. The van der Waals surface area contributed by atoms with Gasteiger partial charge in [-0.15, -0.1) is 0 Å². The summed E-state index contributed by atoms with van der Waals surface area (Å²) < 4.78 is 0. The molecule has 1 saturated heterocycles. The van der Waals surface area contributed by atoms with E-state index in [-0.39, 0.29) is 112 Å². The zero-order valence-electron chi connectivity index (χ0n) is 57.9. The number of hydrogen-bond donors (Lipinski definition) is 18. The van der Waals surface area contributed by atoms with E-state index in [1.807, 2.05) is 60.7 Å². The van der Waals surface area contributed by atoms with Crippen LogP contribution in [0.25, 0.3) is 0 Å². The maximum atomic E-state index is 14.3. The summed E-state index contributed by atoms with van der Waals surface area (Å²) >= 11 is 0. The molecule has 11 atom stereocenters. The van der Waals surface area contributed by atoms with E-state index >= 15 is 0 Å². The molecular formula is C62H108N16O19. The van der Waals surface area contributed by atoms with Gasteiger partial charge in [0.25, 0.3) is 0 Å². The lowest BCUT2D eigenvalue weighted by Gasteiger charge is -2.29. The predicted molar refractivity (Wildman–Crippen MR) is 352 cm³/mol. The van der Waals surface area contributed by atoms with Crippen LogP contribution in [0.1, 0.15) is 160 Å². The van der Waals surface area contributed by atoms with Crippen LogP contribution in [0.3, 0.4) is 0 Å². The number of guanidine groups is 1. The minimum atomic E-state index is -1.91. The summed E-state index contributed by atoms with van der Waals surface area (Å²) in [6.45, 7) is 19.1. The highest BCUT2D eigenvalue weighted by Gasteiger charge is 2.41. The highest BCUT2D eigenvalue weighted by Crippen LogP contribution is 2.20. The molecule has 1 heterocycles. The van der Waals surface area contributed by atoms with Gasteiger partial charge in [-0.2, -0.15) is 0 Å². The molecule has 0 saturated carbocycles. The molecule has 1 fully saturated rings. The number of nitrogens with two attached hydrogens (primary N) is 3. The number of aliphatic imine (C=N–C) groups is 1. The molecule has 0 aromatic heterocycles. The first-order valence-corrected chi connectivity index (χ1v) is 32.8. The second-order valence-electron chi connectivity index (χ2n) is 26.8. The summed E-state index contributed by atoms with van der Waals surface area (Å²) in [5, 5.41) is 65.5. The van der Waals surface area contributed by atoms with Crippen molar-refractivity contribution in [1.82, 2.24) is 63.4 Å². The summed E-state index contributed by atoms with van der Waals surface area (Å²) in [5.74, 6) is -16.4. The first kappa shape index (κ1) is 86.3. The SMILES string of the molecule is CC(C)C[C@H](NC(=O)[C@H](CC(C)C)NC(=O)[C@H](CC(C)C)NC(=O)[C@H](CC(C)C)NC(=O)[C@H](CC(C)C)NC(=O)[C@@H](N)CC(C)C)C(=O)NCC(=O)N[C@@H](CO)C(=O)N1CCC[C@H]1C(=O)N[C@@H](CC(=O)O)C(=O)N[C@@H](CCCN=C(N)N)C(=O)NCC(=O)N[C@@H](CC(=O)O)C(=O)O. The van der Waals surface area contributed by atoms with Crippen molar-refractivity contribution in [1.29, 1.82) is 0 Å². The van der Waals surface area contributed by atoms with E-state index in [1.54, 1.807) is 27.7 Å². The number of hydrogen-bond acceptors (Lipinski definition) is 18. The molecule has 0 aromatic carbocycles. The minimum absolute atomic E-state index is 0.00377. The van der Waals surface area contributed by atoms with Gasteiger partial charge in [0.2, 0.25) is 70.9 Å². The molecule has 550 valence electrons. The second-order valence-corrected chi connectivity index (χ2v) is 26.8. The Morgan fingerprint density at radius 2 is 0.794 bits per heavy atom. The number of aliphatic hydroxyl groups is 1. The molecule has 1 aliphatic rings. The molecule has 0 aliphatic carbocycles. The number of carboxylic acids is 3. The van der Waals surface area contributed by atoms with Crippen molar-refractivity contribution in [3.63, 3.8) is 0 Å². The molecule has 35 nitrogen and oxygen atoms in total. The van der Waals surface area contributed by atoms with Crippen LogP contribution < -0.4 is 75.7 Å². The number of carbonyl (C=O) groups excluding carboxylic acids is 12. The zero-order chi connectivity index (χ0) is 74.1. The van der Waals surface area contributed by atoms with Crippen molar-refractivity contribution >= 4 is 94.8 Å². The fourth-order valence-electron chi connectivity index (χ4n) is 10.3. The van der Waals surface area contributed by atoms with Gasteiger partial charge in [-0.05, 0) is 99.7 Å². The van der Waals surface area contributed by atoms with Crippen LogP contribution in [0.2, 0.25) is 0 Å². The van der Waals surface area contributed by atoms with Crippen LogP contribution in [-0.2, 0) is 71.9 Å². The van der Waals surface area contributed by atoms with E-state index in [9.17, 15) is 87.2 Å². The topological polar surface area (TPSA) is 563 Å². The molecule has 35 heteroatoms. The van der Waals surface area contributed by atoms with Crippen LogP contribution in [-0.4, -0.2) is 219 Å². The fraction of sp³-hybridized carbons (Fsp3) is 0.742. The lowest BCUT2D eigenvalue weighted by atomic mass is 9.97. The third kappa shape index (κ3) is 34.2. The van der Waals surface area contributed by atoms with E-state index in [0.29, 0.717) is 6.42 Å². The minimum Gasteiger partial charge on any atom is -0.481 e. The summed E-state index contributed by atoms with van der Waals surface area (Å²) in [4.78, 5) is 204. The lowest BCUT2D eigenvalue weighted by molar-refractivity contribution is -0.147. The smallest absolute Gasteiger partial charge is 0.326 e. The molecule has 1 rings (SSSR count). The number of amides is 12. The number of nitrogens with one attached hydrogen (secondary N) is 11. The monoisotopic (exact) mass is 1380 g/mol. The standard InChI is InChI=1S/C62H108N16O19/c1-30(2)19-36(63)51(86)72-39(21-32(5)6)54(89)74-41(23-34(9)10)56(91)76-42(24-35(11)12)57(92)75-40(22-33(7)8)55(90)73-38(20-31(3)4)53(88)68-28-48(81)70-45(29-79)60(95)78-18-14-16-46(78)59(94)77-43(25-49(82)83)58(93)71-37(15-13-17-66-62(64)65)52(87)67-27-47(80)69-44(61(96)97)26-50(84)85/h30-46,79H,13-29,63H2,1-12H3,(H,67,87)(H,68,88)(H,69,80)(H,70,81)(H,71,93)(H,72,86)(H,73,90)(H,74,89)(H,75,92)(H,76,91)(H,77,94)(H,82,83)(H,84,85)(H,96,97)(H4,64,65,66)/t36-,37-,38-,39-,40-,41-,42-,43-,44-,45-,46-/m0/s1. The summed E-state index contributed by atoms with van der Waals surface area (Å²) in [5.41, 5.74) is 16.9. The number of likely N-dealkylation sites (tertiary alicyclic amines) is 1. The molecule has 0 radical (unpaired) electrons. The largest absolute Gasteiger partial charge is 0.481 e. The first-order valence-electron chi connectivity index (χ1n) is 32.8. The first-order chi connectivity index (χ1) is 45.1. The van der Waals surface area contributed by atoms with Crippen molar-refractivity contribution in [2.45, 2.75) is 227 Å². The second kappa shape index (κ2) is 43.4. The quantitative estimate of drug-likeness (QED) is 0.0158. The van der Waals surface area contributed by atoms with Crippen LogP contribution >= 0.6 is 0 Å². The molecule has 1 aliphatic heterocycles. The van der Waals surface area contributed by atoms with Gasteiger partial charge in [-0.1, -0.05) is 83.1 Å². The Bertz CT molecular complexity index is 2740. The van der Waals surface area contributed by atoms with Crippen LogP contribution in [0.4, 0.5) is 0 Å². The summed E-state index contributed by atoms with van der Waals surface area (Å²) in [7, 11) is 0. The number of nitrogens with zero attached hydrogens (tertiary/aromatic N) is 2. The third-order valence-electron chi connectivity index (χ3n) is 14.9. The van der Waals surface area contributed by atoms with Crippen molar-refractivity contribution in [3.05, 3.63) is 0 Å². The predicted octanol–water partition coefficient (Wildman–Crippen LogP) is -3.74. The molecule has 0 unspecified atom stereocenters. The molecule has 97 heavy (non-hydrogen) atoms. The Kier molecular flexibility index (Phi) is 38.6. The molecular weight excluding hydrogens is 1270 g/mol. The molecule has 0 bridgehead atoms. The van der Waals surface area contributed by atoms with E-state index in [1.165, 1.54) is 0 Å². The fourth-order valence-corrected chi connectivity index (χ4v) is 10.3. The van der Waals surface area contributed by atoms with Gasteiger partial charge in [0.1, 0.15) is 60.4 Å².